The largest absolute Gasteiger partial charge is 0.330 e. The minimum Gasteiger partial charge on any atom is -0.330 e. The standard InChI is InChI=1S/C11H26N2.C10H25N3.C10H22N2.C10H23N.C9H20N2.3C9H22N2/c1-6-12(7-2)9-10-13(8-3)11(4)5;1-10(2)12-7-5-9-13(3)8-4-6-11;1-9(2)12-7-5-10(6-8-12)11(3)4;1-5-11(6-2)9-7-8-10(3)4;1-7(2)11-9-5-3-8(10)4-6-9;1-8(2)10-6-9(3)7-11(4)5;1-9(2)11(5)8-6-7-10(3)4;1-9(2)5-4-7-11(3)8-6-10/h11H,6-10H2,1-5H3;10,12H,4-9,11H2,1-3H3;9-10H,5-8H2,1-4H3;10H,5-9H2,1-4H3;7-9,11H,3-6,10H2,1-2H3;8-10H,6-7H2,1-5H3;9H,6-8H2,1-5H3;9H,4-8,10H2,1-3H3. The van der Waals surface area contributed by atoms with E-state index < -0.39 is 0 Å². The number of likely N-dealkylation sites (tertiary alicyclic amines) is 1. The van der Waals surface area contributed by atoms with Crippen LogP contribution in [0.25, 0.3) is 0 Å². The van der Waals surface area contributed by atoms with Crippen LogP contribution in [-0.2, 0) is 0 Å². The molecule has 2 aliphatic rings. The number of hydrogen-bond acceptors (Lipinski definition) is 16. The average Bonchev–Trinajstić information content (AvgIpc) is 2.22. The molecule has 16 nitrogen and oxygen atoms in total. The van der Waals surface area contributed by atoms with Gasteiger partial charge in [0, 0.05) is 87.1 Å². The Balaban J connectivity index is -0.000000233. The Bertz CT molecular complexity index is 1370. The smallest absolute Gasteiger partial charge is 0.0113 e. The van der Waals surface area contributed by atoms with Crippen LogP contribution in [0.1, 0.15) is 236 Å². The molecule has 0 amide bonds. The molecule has 0 bridgehead atoms. The van der Waals surface area contributed by atoms with Gasteiger partial charge in [-0.1, -0.05) is 111 Å². The fourth-order valence-electron chi connectivity index (χ4n) is 10.9. The summed E-state index contributed by atoms with van der Waals surface area (Å²) in [7, 11) is 19.3. The molecule has 1 unspecified atom stereocenters. The van der Waals surface area contributed by atoms with Crippen molar-refractivity contribution in [2.45, 2.75) is 290 Å². The zero-order valence-corrected chi connectivity index (χ0v) is 69.7. The maximum atomic E-state index is 5.80. The second-order valence-corrected chi connectivity index (χ2v) is 30.8. The zero-order valence-electron chi connectivity index (χ0n) is 69.7. The molecule has 16 heteroatoms. The summed E-state index contributed by atoms with van der Waals surface area (Å²) in [5.41, 5.74) is 16.7. The van der Waals surface area contributed by atoms with Crippen molar-refractivity contribution >= 4 is 0 Å². The van der Waals surface area contributed by atoms with Gasteiger partial charge < -0.3 is 77.3 Å². The van der Waals surface area contributed by atoms with Crippen molar-refractivity contribution in [1.82, 2.24) is 64.9 Å². The summed E-state index contributed by atoms with van der Waals surface area (Å²) in [5, 5.41) is 10.4. The molecule has 1 heterocycles. The highest BCUT2D eigenvalue weighted by Crippen LogP contribution is 2.18. The van der Waals surface area contributed by atoms with E-state index in [0.717, 1.165) is 81.6 Å². The van der Waals surface area contributed by atoms with E-state index in [2.05, 4.69) is 281 Å². The minimum atomic E-state index is 0.472. The Kier molecular flexibility index (Phi) is 79.1. The first-order valence-corrected chi connectivity index (χ1v) is 38.9. The summed E-state index contributed by atoms with van der Waals surface area (Å²) in [6.45, 7) is 73.3. The molecule has 0 radical (unpaired) electrons. The van der Waals surface area contributed by atoms with Crippen molar-refractivity contribution in [2.75, 3.05) is 201 Å². The fraction of sp³-hybridized carbons (Fsp3) is 1.00. The van der Waals surface area contributed by atoms with Gasteiger partial charge in [0.1, 0.15) is 0 Å². The number of hydrogen-bond donors (Lipinski definition) is 6. The third kappa shape index (κ3) is 80.2. The number of nitrogens with two attached hydrogens (primary N) is 3. The number of likely N-dealkylation sites (N-methyl/N-ethyl adjacent to an activating group) is 3. The summed E-state index contributed by atoms with van der Waals surface area (Å²) in [6, 6.07) is 5.95. The molecule has 2 rings (SSSR count). The number of nitrogens with one attached hydrogen (secondary N) is 3. The van der Waals surface area contributed by atoms with Gasteiger partial charge in [0.05, 0.1) is 0 Å². The molecule has 9 N–H and O–H groups in total. The lowest BCUT2D eigenvalue weighted by molar-refractivity contribution is 0.121. The van der Waals surface area contributed by atoms with Crippen LogP contribution in [0.2, 0.25) is 0 Å². The first-order valence-electron chi connectivity index (χ1n) is 38.9. The van der Waals surface area contributed by atoms with Gasteiger partial charge in [-0.05, 0) is 311 Å². The van der Waals surface area contributed by atoms with Crippen molar-refractivity contribution < 1.29 is 0 Å². The molecule has 2 fully saturated rings. The predicted octanol–water partition coefficient (Wildman–Crippen LogP) is 11.9. The molecule has 1 atom stereocenters. The normalized spacial score (nSPS) is 15.9. The third-order valence-electron chi connectivity index (χ3n) is 17.6. The second-order valence-electron chi connectivity index (χ2n) is 30.8. The van der Waals surface area contributed by atoms with E-state index in [1.54, 1.807) is 0 Å². The third-order valence-corrected chi connectivity index (χ3v) is 17.6. The van der Waals surface area contributed by atoms with E-state index in [1.807, 2.05) is 0 Å². The Morgan fingerprint density at radius 1 is 0.441 bits per heavy atom. The van der Waals surface area contributed by atoms with Gasteiger partial charge in [0.2, 0.25) is 0 Å². The molecular formula is C77H182N16. The van der Waals surface area contributed by atoms with E-state index in [1.165, 1.54) is 175 Å². The highest BCUT2D eigenvalue weighted by molar-refractivity contribution is 4.80. The van der Waals surface area contributed by atoms with Gasteiger partial charge in [-0.25, -0.2) is 0 Å². The van der Waals surface area contributed by atoms with Crippen LogP contribution in [0.4, 0.5) is 0 Å². The van der Waals surface area contributed by atoms with Gasteiger partial charge in [-0.15, -0.1) is 0 Å². The van der Waals surface area contributed by atoms with Crippen molar-refractivity contribution in [3.8, 4) is 0 Å². The summed E-state index contributed by atoms with van der Waals surface area (Å²) in [4.78, 5) is 23.9. The molecule has 570 valence electrons. The van der Waals surface area contributed by atoms with Crippen LogP contribution >= 0.6 is 0 Å². The monoisotopic (exact) mass is 1330 g/mol. The van der Waals surface area contributed by atoms with Crippen LogP contribution < -0.4 is 33.2 Å². The zero-order chi connectivity index (χ0) is 72.9. The molecule has 93 heavy (non-hydrogen) atoms. The van der Waals surface area contributed by atoms with Gasteiger partial charge in [-0.3, -0.25) is 4.90 Å². The predicted molar refractivity (Wildman–Crippen MR) is 425 cm³/mol. The average molecular weight is 1330 g/mol. The molecule has 0 aromatic heterocycles. The van der Waals surface area contributed by atoms with E-state index >= 15 is 0 Å². The summed E-state index contributed by atoms with van der Waals surface area (Å²) in [6.07, 6.45) is 16.6. The number of rotatable bonds is 41. The van der Waals surface area contributed by atoms with Crippen LogP contribution in [0.3, 0.4) is 0 Å². The van der Waals surface area contributed by atoms with Crippen molar-refractivity contribution in [2.24, 2.45) is 35.0 Å². The Morgan fingerprint density at radius 2 is 0.914 bits per heavy atom. The lowest BCUT2D eigenvalue weighted by atomic mass is 9.91. The van der Waals surface area contributed by atoms with Gasteiger partial charge >= 0.3 is 0 Å². The van der Waals surface area contributed by atoms with E-state index in [-0.39, 0.29) is 0 Å². The van der Waals surface area contributed by atoms with E-state index in [4.69, 9.17) is 17.2 Å². The SMILES string of the molecule is CC(C)CCCN(C)CCN.CC(C)N(C)CCCN(C)C.CC(C)N1CCC(N(C)C)CC1.CC(C)NC1CCC(N)CC1.CC(C)NCCCN(C)CCCN.CC(CNC(C)C)CN(C)C.CCN(CC)CCCC(C)C.CCN(CC)CCN(CC)C(C)C. The highest BCUT2D eigenvalue weighted by Gasteiger charge is 2.22. The highest BCUT2D eigenvalue weighted by atomic mass is 15.2. The number of piperidine rings is 1. The molecule has 1 aliphatic heterocycles. The Morgan fingerprint density at radius 3 is 1.30 bits per heavy atom. The first-order chi connectivity index (χ1) is 43.5. The lowest BCUT2D eigenvalue weighted by Gasteiger charge is -2.37. The van der Waals surface area contributed by atoms with Crippen molar-refractivity contribution in [3.63, 3.8) is 0 Å². The summed E-state index contributed by atoms with van der Waals surface area (Å²) < 4.78 is 0. The summed E-state index contributed by atoms with van der Waals surface area (Å²) >= 11 is 0. The second kappa shape index (κ2) is 71.2. The van der Waals surface area contributed by atoms with E-state index in [0.29, 0.717) is 36.3 Å². The molecule has 1 saturated heterocycles. The van der Waals surface area contributed by atoms with Gasteiger partial charge in [0.15, 0.2) is 0 Å². The maximum Gasteiger partial charge on any atom is 0.0113 e. The molecule has 1 aliphatic carbocycles. The Labute approximate surface area is 588 Å². The molecular weight excluding hydrogens is 1150 g/mol. The van der Waals surface area contributed by atoms with Crippen LogP contribution in [-0.4, -0.2) is 304 Å². The van der Waals surface area contributed by atoms with Crippen molar-refractivity contribution in [1.29, 1.82) is 0 Å². The molecule has 1 saturated carbocycles. The van der Waals surface area contributed by atoms with E-state index in [9.17, 15) is 0 Å². The minimum absolute atomic E-state index is 0.472. The van der Waals surface area contributed by atoms with Crippen molar-refractivity contribution in [3.05, 3.63) is 0 Å². The first kappa shape index (κ1) is 103. The topological polar surface area (TPSA) is 147 Å². The van der Waals surface area contributed by atoms with Gasteiger partial charge in [-0.2, -0.15) is 0 Å². The van der Waals surface area contributed by atoms with Crippen LogP contribution in [0.5, 0.6) is 0 Å². The lowest BCUT2D eigenvalue weighted by Crippen LogP contribution is -2.44. The van der Waals surface area contributed by atoms with Crippen LogP contribution in [0, 0.1) is 17.8 Å². The maximum absolute atomic E-state index is 5.80. The molecule has 0 spiro atoms. The Hall–Kier alpha value is -0.640. The number of nitrogens with zero attached hydrogens (tertiary/aromatic N) is 10. The molecule has 0 aromatic carbocycles. The summed E-state index contributed by atoms with van der Waals surface area (Å²) in [5.74, 6) is 2.44. The quantitative estimate of drug-likeness (QED) is 0.0323. The fourth-order valence-corrected chi connectivity index (χ4v) is 10.9. The molecule has 0 aromatic rings. The van der Waals surface area contributed by atoms with Gasteiger partial charge in [0.25, 0.3) is 0 Å². The van der Waals surface area contributed by atoms with Crippen LogP contribution in [0.15, 0.2) is 0 Å².